The summed E-state index contributed by atoms with van der Waals surface area (Å²) in [6, 6.07) is 1.99. The van der Waals surface area contributed by atoms with Gasteiger partial charge in [0.05, 0.1) is 24.3 Å². The lowest BCUT2D eigenvalue weighted by Crippen LogP contribution is -2.30. The van der Waals surface area contributed by atoms with Gasteiger partial charge in [-0.25, -0.2) is 0 Å². The molecule has 0 aliphatic heterocycles. The van der Waals surface area contributed by atoms with Crippen molar-refractivity contribution < 1.29 is 34.6 Å². The van der Waals surface area contributed by atoms with Crippen LogP contribution < -0.4 is 4.74 Å². The maximum absolute atomic E-state index is 10.8. The largest absolute Gasteiger partial charge is 0.504 e. The number of carboxylic acid groups (broad SMARTS) is 2. The number of ether oxygens (including phenoxy) is 1. The second-order valence-corrected chi connectivity index (χ2v) is 4.20. The quantitative estimate of drug-likeness (QED) is 0.341. The lowest BCUT2D eigenvalue weighted by molar-refractivity contribution is -0.385. The highest BCUT2D eigenvalue weighted by Gasteiger charge is 2.17. The molecule has 0 fully saturated rings. The van der Waals surface area contributed by atoms with Crippen molar-refractivity contribution in [3.8, 4) is 11.5 Å². The first-order valence-electron chi connectivity index (χ1n) is 6.02. The molecule has 0 saturated carbocycles. The zero-order valence-electron chi connectivity index (χ0n) is 11.9. The Balaban J connectivity index is 3.17. The first kappa shape index (κ1) is 17.7. The molecule has 0 saturated heterocycles. The minimum absolute atomic E-state index is 0.128. The van der Waals surface area contributed by atoms with Crippen LogP contribution in [0.25, 0.3) is 0 Å². The van der Waals surface area contributed by atoms with Gasteiger partial charge in [0, 0.05) is 11.6 Å². The molecule has 11 heteroatoms. The van der Waals surface area contributed by atoms with E-state index >= 15 is 0 Å². The Labute approximate surface area is 129 Å². The van der Waals surface area contributed by atoms with E-state index in [1.54, 1.807) is 0 Å². The van der Waals surface area contributed by atoms with Crippen molar-refractivity contribution in [2.75, 3.05) is 20.2 Å². The number of hydrogen-bond acceptors (Lipinski definition) is 8. The molecule has 0 aliphatic carbocycles. The number of phenols is 1. The zero-order valence-corrected chi connectivity index (χ0v) is 11.9. The smallest absolute Gasteiger partial charge is 0.324 e. The van der Waals surface area contributed by atoms with Crippen molar-refractivity contribution in [2.24, 2.45) is 5.10 Å². The van der Waals surface area contributed by atoms with Crippen LogP contribution in [-0.2, 0) is 9.59 Å². The number of aromatic hydroxyl groups is 1. The Morgan fingerprint density at radius 1 is 1.35 bits per heavy atom. The van der Waals surface area contributed by atoms with E-state index in [4.69, 9.17) is 14.9 Å². The molecule has 0 amide bonds. The van der Waals surface area contributed by atoms with Crippen molar-refractivity contribution in [2.45, 2.75) is 0 Å². The summed E-state index contributed by atoms with van der Waals surface area (Å²) >= 11 is 0. The van der Waals surface area contributed by atoms with Crippen LogP contribution >= 0.6 is 0 Å². The van der Waals surface area contributed by atoms with Crippen LogP contribution in [0.2, 0.25) is 0 Å². The fourth-order valence-electron chi connectivity index (χ4n) is 1.57. The van der Waals surface area contributed by atoms with Crippen LogP contribution in [0.5, 0.6) is 11.5 Å². The van der Waals surface area contributed by atoms with Gasteiger partial charge in [-0.1, -0.05) is 0 Å². The first-order valence-corrected chi connectivity index (χ1v) is 6.02. The third kappa shape index (κ3) is 5.15. The lowest BCUT2D eigenvalue weighted by atomic mass is 10.2. The van der Waals surface area contributed by atoms with Crippen molar-refractivity contribution >= 4 is 23.8 Å². The number of nitro groups is 1. The molecule has 23 heavy (non-hydrogen) atoms. The number of hydrogen-bond donors (Lipinski definition) is 3. The summed E-state index contributed by atoms with van der Waals surface area (Å²) < 4.78 is 4.79. The van der Waals surface area contributed by atoms with Gasteiger partial charge in [0.1, 0.15) is 13.1 Å². The van der Waals surface area contributed by atoms with Gasteiger partial charge in [-0.2, -0.15) is 5.10 Å². The summed E-state index contributed by atoms with van der Waals surface area (Å²) in [6.45, 7) is -1.40. The number of rotatable bonds is 8. The number of hydrazone groups is 1. The number of phenolic OH excluding ortho intramolecular Hbond substituents is 1. The van der Waals surface area contributed by atoms with Gasteiger partial charge in [-0.15, -0.1) is 0 Å². The minimum atomic E-state index is -1.32. The number of nitrogens with zero attached hydrogens (tertiary/aromatic N) is 3. The van der Waals surface area contributed by atoms with Gasteiger partial charge in [0.25, 0.3) is 5.69 Å². The van der Waals surface area contributed by atoms with Crippen molar-refractivity contribution in [1.29, 1.82) is 0 Å². The summed E-state index contributed by atoms with van der Waals surface area (Å²) in [5, 5.41) is 42.4. The number of aliphatic carboxylic acids is 2. The molecule has 1 aromatic carbocycles. The van der Waals surface area contributed by atoms with E-state index in [1.165, 1.54) is 7.11 Å². The molecule has 124 valence electrons. The highest BCUT2D eigenvalue weighted by molar-refractivity contribution is 5.86. The van der Waals surface area contributed by atoms with E-state index in [-0.39, 0.29) is 17.0 Å². The van der Waals surface area contributed by atoms with E-state index < -0.39 is 35.7 Å². The average molecular weight is 327 g/mol. The molecule has 0 bridgehead atoms. The monoisotopic (exact) mass is 327 g/mol. The van der Waals surface area contributed by atoms with Crippen molar-refractivity contribution in [3.05, 3.63) is 27.8 Å². The Bertz CT molecular complexity index is 642. The maximum atomic E-state index is 10.8. The van der Waals surface area contributed by atoms with Crippen LogP contribution in [0.4, 0.5) is 5.69 Å². The number of non-ortho nitro benzene ring substituents is 1. The van der Waals surface area contributed by atoms with Gasteiger partial charge in [0.15, 0.2) is 11.5 Å². The fourth-order valence-corrected chi connectivity index (χ4v) is 1.57. The number of carboxylic acids is 2. The second-order valence-electron chi connectivity index (χ2n) is 4.20. The second kappa shape index (κ2) is 7.59. The average Bonchev–Trinajstić information content (AvgIpc) is 2.44. The predicted octanol–water partition coefficient (Wildman–Crippen LogP) is 0.114. The molecule has 11 nitrogen and oxygen atoms in total. The van der Waals surface area contributed by atoms with Crippen molar-refractivity contribution in [1.82, 2.24) is 5.01 Å². The SMILES string of the molecule is COc1cc([N+](=O)[O-])cc(/C=N\N(CC(=O)O)CC(=O)O)c1O. The molecule has 1 aromatic rings. The first-order chi connectivity index (χ1) is 10.7. The summed E-state index contributed by atoms with van der Waals surface area (Å²) in [4.78, 5) is 31.4. The van der Waals surface area contributed by atoms with Crippen LogP contribution in [0.1, 0.15) is 5.56 Å². The van der Waals surface area contributed by atoms with Gasteiger partial charge in [0.2, 0.25) is 0 Å². The van der Waals surface area contributed by atoms with Gasteiger partial charge in [-0.05, 0) is 0 Å². The number of benzene rings is 1. The van der Waals surface area contributed by atoms with E-state index in [1.807, 2.05) is 0 Å². The van der Waals surface area contributed by atoms with E-state index in [0.29, 0.717) is 5.01 Å². The number of carbonyl (C=O) groups is 2. The molecule has 0 aromatic heterocycles. The minimum Gasteiger partial charge on any atom is -0.504 e. The summed E-state index contributed by atoms with van der Waals surface area (Å²) in [6.07, 6.45) is 0.913. The van der Waals surface area contributed by atoms with Gasteiger partial charge in [-0.3, -0.25) is 24.7 Å². The molecular weight excluding hydrogens is 314 g/mol. The predicted molar refractivity (Wildman–Crippen MR) is 75.8 cm³/mol. The number of nitro benzene ring substituents is 1. The fraction of sp³-hybridized carbons (Fsp3) is 0.250. The Kier molecular flexibility index (Phi) is 5.83. The molecule has 0 spiro atoms. The molecule has 0 unspecified atom stereocenters. The van der Waals surface area contributed by atoms with E-state index in [9.17, 15) is 24.8 Å². The van der Waals surface area contributed by atoms with Crippen LogP contribution in [-0.4, -0.2) is 63.6 Å². The molecule has 0 heterocycles. The standard InChI is InChI=1S/C12H13N3O8/c1-23-9-3-8(15(21)22)2-7(12(9)20)4-13-14(5-10(16)17)6-11(18)19/h2-4,20H,5-6H2,1H3,(H,16,17)(H,18,19)/b13-4-. The zero-order chi connectivity index (χ0) is 17.6. The Morgan fingerprint density at radius 3 is 2.35 bits per heavy atom. The maximum Gasteiger partial charge on any atom is 0.324 e. The highest BCUT2D eigenvalue weighted by atomic mass is 16.6. The Morgan fingerprint density at radius 2 is 1.91 bits per heavy atom. The summed E-state index contributed by atoms with van der Waals surface area (Å²) in [5.74, 6) is -3.26. The summed E-state index contributed by atoms with van der Waals surface area (Å²) in [5.41, 5.74) is -0.513. The topological polar surface area (TPSA) is 163 Å². The molecule has 0 radical (unpaired) electrons. The van der Waals surface area contributed by atoms with E-state index in [2.05, 4.69) is 5.10 Å². The third-order valence-corrected chi connectivity index (χ3v) is 2.52. The van der Waals surface area contributed by atoms with Crippen molar-refractivity contribution in [3.63, 3.8) is 0 Å². The molecule has 0 atom stereocenters. The van der Waals surface area contributed by atoms with Gasteiger partial charge >= 0.3 is 11.9 Å². The van der Waals surface area contributed by atoms with Crippen LogP contribution in [0, 0.1) is 10.1 Å². The molecule has 0 aliphatic rings. The molecular formula is C12H13N3O8. The number of methoxy groups -OCH3 is 1. The van der Waals surface area contributed by atoms with E-state index in [0.717, 1.165) is 18.3 Å². The highest BCUT2D eigenvalue weighted by Crippen LogP contribution is 2.33. The van der Waals surface area contributed by atoms with Gasteiger partial charge < -0.3 is 20.1 Å². The lowest BCUT2D eigenvalue weighted by Gasteiger charge is -2.14. The van der Waals surface area contributed by atoms with Crippen LogP contribution in [0.15, 0.2) is 17.2 Å². The third-order valence-electron chi connectivity index (χ3n) is 2.52. The normalized spacial score (nSPS) is 10.5. The molecule has 3 N–H and O–H groups in total. The Hall–Kier alpha value is -3.37. The molecule has 1 rings (SSSR count). The van der Waals surface area contributed by atoms with Crippen LogP contribution in [0.3, 0.4) is 0 Å². The summed E-state index contributed by atoms with van der Waals surface area (Å²) in [7, 11) is 1.20.